The number of hydrogen-bond acceptors (Lipinski definition) is 10. The van der Waals surface area contributed by atoms with Crippen molar-refractivity contribution in [2.24, 2.45) is 17.6 Å². The van der Waals surface area contributed by atoms with Crippen molar-refractivity contribution in [1.29, 1.82) is 0 Å². The van der Waals surface area contributed by atoms with Crippen LogP contribution in [0.5, 0.6) is 11.5 Å². The quantitative estimate of drug-likeness (QED) is 0.0585. The van der Waals surface area contributed by atoms with Crippen LogP contribution < -0.4 is 32.3 Å². The molecule has 64 heavy (non-hydrogen) atoms. The maximum Gasteiger partial charge on any atom is 0.289 e. The number of aromatic hydroxyl groups is 2. The summed E-state index contributed by atoms with van der Waals surface area (Å²) < 4.78 is 0. The summed E-state index contributed by atoms with van der Waals surface area (Å²) in [5, 5.41) is 35.6. The Morgan fingerprint density at radius 1 is 0.828 bits per heavy atom. The molecule has 0 aromatic heterocycles. The minimum Gasteiger partial charge on any atom is -0.507 e. The molecule has 0 aliphatic carbocycles. The molecule has 9 N–H and O–H groups in total. The van der Waals surface area contributed by atoms with Gasteiger partial charge in [-0.2, -0.15) is 0 Å². The lowest BCUT2D eigenvalue weighted by atomic mass is 9.79. The number of phenolic OH excluding ortho intramolecular Hbond substituents is 2. The molecule has 5 amide bonds. The molecule has 338 valence electrons. The van der Waals surface area contributed by atoms with Gasteiger partial charge in [0.15, 0.2) is 5.78 Å². The van der Waals surface area contributed by atoms with Gasteiger partial charge in [0.1, 0.15) is 23.6 Å². The number of nitrogens with two attached hydrogens (primary N) is 1. The number of unbranched alkanes of at least 4 members (excludes halogenated alkanes) is 1. The van der Waals surface area contributed by atoms with Gasteiger partial charge in [0.05, 0.1) is 18.5 Å². The molecular formula is C48H55ClN6O9. The number of ketones is 2. The van der Waals surface area contributed by atoms with Gasteiger partial charge in [0, 0.05) is 41.1 Å². The van der Waals surface area contributed by atoms with E-state index in [-0.39, 0.29) is 41.3 Å². The van der Waals surface area contributed by atoms with Crippen molar-refractivity contribution in [3.8, 4) is 33.8 Å². The topological polar surface area (TPSA) is 246 Å². The Morgan fingerprint density at radius 3 is 2.09 bits per heavy atom. The summed E-state index contributed by atoms with van der Waals surface area (Å²) in [5.74, 6) is -7.16. The number of nitrogens with one attached hydrogen (secondary N) is 5. The van der Waals surface area contributed by atoms with Crippen LogP contribution in [0.15, 0.2) is 84.9 Å². The molecule has 4 aromatic carbocycles. The van der Waals surface area contributed by atoms with Gasteiger partial charge in [0.2, 0.25) is 23.5 Å². The van der Waals surface area contributed by atoms with E-state index >= 15 is 0 Å². The fourth-order valence-electron chi connectivity index (χ4n) is 7.59. The van der Waals surface area contributed by atoms with E-state index in [1.807, 2.05) is 31.2 Å². The zero-order chi connectivity index (χ0) is 46.7. The van der Waals surface area contributed by atoms with Crippen molar-refractivity contribution in [2.75, 3.05) is 20.1 Å². The second-order valence-corrected chi connectivity index (χ2v) is 16.6. The number of Topliss-reactive ketones (excluding diaryl/α,β-unsaturated/α-hetero) is 2. The zero-order valence-electron chi connectivity index (χ0n) is 36.2. The third-order valence-corrected chi connectivity index (χ3v) is 11.9. The lowest BCUT2D eigenvalue weighted by Gasteiger charge is -2.29. The van der Waals surface area contributed by atoms with Crippen LogP contribution in [0.25, 0.3) is 22.3 Å². The molecule has 16 heteroatoms. The summed E-state index contributed by atoms with van der Waals surface area (Å²) in [4.78, 5) is 93.2. The predicted octanol–water partition coefficient (Wildman–Crippen LogP) is 4.30. The first-order valence-electron chi connectivity index (χ1n) is 21.2. The first-order chi connectivity index (χ1) is 30.5. The van der Waals surface area contributed by atoms with Crippen LogP contribution in [-0.4, -0.2) is 89.6 Å². The summed E-state index contributed by atoms with van der Waals surface area (Å²) in [6.07, 6.45) is 1.51. The fraction of sp³-hybridized carbons (Fsp3) is 0.354. The van der Waals surface area contributed by atoms with Crippen molar-refractivity contribution in [3.63, 3.8) is 0 Å². The Hall–Kier alpha value is -6.58. The molecule has 5 rings (SSSR count). The van der Waals surface area contributed by atoms with Crippen LogP contribution >= 0.6 is 11.6 Å². The Bertz CT molecular complexity index is 2370. The Morgan fingerprint density at radius 2 is 1.45 bits per heavy atom. The van der Waals surface area contributed by atoms with Gasteiger partial charge in [-0.15, -0.1) is 0 Å². The zero-order valence-corrected chi connectivity index (χ0v) is 37.0. The van der Waals surface area contributed by atoms with Gasteiger partial charge in [-0.3, -0.25) is 33.6 Å². The summed E-state index contributed by atoms with van der Waals surface area (Å²) >= 11 is 6.05. The van der Waals surface area contributed by atoms with E-state index in [4.69, 9.17) is 17.3 Å². The second kappa shape index (κ2) is 22.2. The van der Waals surface area contributed by atoms with Crippen molar-refractivity contribution < 1.29 is 43.8 Å². The Kier molecular flexibility index (Phi) is 16.8. The molecule has 6 unspecified atom stereocenters. The number of benzene rings is 4. The molecule has 0 spiro atoms. The fourth-order valence-corrected chi connectivity index (χ4v) is 7.71. The van der Waals surface area contributed by atoms with Crippen molar-refractivity contribution in [3.05, 3.63) is 107 Å². The third kappa shape index (κ3) is 12.3. The number of hydrogen-bond donors (Lipinski definition) is 8. The lowest BCUT2D eigenvalue weighted by molar-refractivity contribution is -0.138. The average molecular weight is 895 g/mol. The van der Waals surface area contributed by atoms with E-state index < -0.39 is 77.7 Å². The summed E-state index contributed by atoms with van der Waals surface area (Å²) in [5.41, 5.74) is 9.21. The summed E-state index contributed by atoms with van der Waals surface area (Å²) in [7, 11) is 1.27. The lowest BCUT2D eigenvalue weighted by Crippen LogP contribution is -2.54. The highest BCUT2D eigenvalue weighted by atomic mass is 35.5. The van der Waals surface area contributed by atoms with Crippen molar-refractivity contribution >= 4 is 52.7 Å². The Balaban J connectivity index is 1.41. The van der Waals surface area contributed by atoms with E-state index in [9.17, 15) is 43.8 Å². The predicted molar refractivity (Wildman–Crippen MR) is 242 cm³/mol. The van der Waals surface area contributed by atoms with Gasteiger partial charge in [0.25, 0.3) is 11.8 Å². The molecule has 1 aliphatic rings. The minimum absolute atomic E-state index is 0.0866. The highest BCUT2D eigenvalue weighted by Crippen LogP contribution is 2.40. The molecule has 1 heterocycles. The Labute approximate surface area is 376 Å². The molecule has 0 saturated heterocycles. The molecule has 0 radical (unpaired) electrons. The number of rotatable bonds is 16. The van der Waals surface area contributed by atoms with Gasteiger partial charge in [-0.1, -0.05) is 61.8 Å². The van der Waals surface area contributed by atoms with Crippen LogP contribution in [0.2, 0.25) is 5.02 Å². The highest BCUT2D eigenvalue weighted by molar-refractivity contribution is 6.37. The van der Waals surface area contributed by atoms with Crippen molar-refractivity contribution in [2.45, 2.75) is 76.9 Å². The van der Waals surface area contributed by atoms with E-state index in [0.717, 1.165) is 11.1 Å². The molecule has 4 aromatic rings. The highest BCUT2D eigenvalue weighted by Gasteiger charge is 2.34. The molecule has 6 atom stereocenters. The average Bonchev–Trinajstić information content (AvgIpc) is 3.29. The van der Waals surface area contributed by atoms with Crippen LogP contribution in [-0.2, 0) is 35.2 Å². The van der Waals surface area contributed by atoms with Gasteiger partial charge >= 0.3 is 0 Å². The summed E-state index contributed by atoms with van der Waals surface area (Å²) in [6.45, 7) is 4.77. The number of carbonyl (C=O) groups is 7. The monoisotopic (exact) mass is 894 g/mol. The molecule has 1 aliphatic heterocycles. The number of halogens is 1. The van der Waals surface area contributed by atoms with Gasteiger partial charge < -0.3 is 42.5 Å². The van der Waals surface area contributed by atoms with Crippen LogP contribution in [0.4, 0.5) is 0 Å². The number of fused-ring (bicyclic) bond motifs is 5. The van der Waals surface area contributed by atoms with Crippen LogP contribution in [0.3, 0.4) is 0 Å². The largest absolute Gasteiger partial charge is 0.507 e. The van der Waals surface area contributed by atoms with E-state index in [2.05, 4.69) is 26.6 Å². The smallest absolute Gasteiger partial charge is 0.289 e. The molecule has 0 saturated carbocycles. The van der Waals surface area contributed by atoms with Crippen molar-refractivity contribution in [1.82, 2.24) is 26.6 Å². The van der Waals surface area contributed by atoms with E-state index in [0.29, 0.717) is 47.5 Å². The standard InChI is InChI=1S/C48H55ClN6O9/c1-26(27(2)43(59)38(7-5-6-20-50)54-45(61)32-11-9-30(10-12-32)31-13-16-34(49)17-14-31)21-35-33-15-19-41(57)37(24-33)36-22-29(8-18-40(36)56)23-39(55-44(60)28(3)53-46(35)62)47(63)52-25-42(58)48(64)51-4/h8-19,22,24,26-28,35,38-39,56-57H,5-7,20-21,23,25,50H2,1-4H3,(H,51,64)(H,52,63)(H,53,62)(H,54,61)(H,55,60). The maximum absolute atomic E-state index is 14.3. The molecule has 4 bridgehead atoms. The van der Waals surface area contributed by atoms with E-state index in [1.165, 1.54) is 38.2 Å². The first-order valence-corrected chi connectivity index (χ1v) is 21.6. The first kappa shape index (κ1) is 48.5. The van der Waals surface area contributed by atoms with Gasteiger partial charge in [-0.05, 0) is 116 Å². The summed E-state index contributed by atoms with van der Waals surface area (Å²) in [6, 6.07) is 20.0. The number of phenols is 2. The van der Waals surface area contributed by atoms with E-state index in [1.54, 1.807) is 43.3 Å². The molecule has 15 nitrogen and oxygen atoms in total. The van der Waals surface area contributed by atoms with Crippen LogP contribution in [0, 0.1) is 11.8 Å². The number of carbonyl (C=O) groups excluding carboxylic acids is 7. The number of amides is 5. The number of likely N-dealkylation sites (N-methyl/N-ethyl adjacent to an activating group) is 1. The molecular weight excluding hydrogens is 840 g/mol. The molecule has 0 fully saturated rings. The second-order valence-electron chi connectivity index (χ2n) is 16.2. The third-order valence-electron chi connectivity index (χ3n) is 11.6. The minimum atomic E-state index is -1.29. The van der Waals surface area contributed by atoms with Gasteiger partial charge in [-0.25, -0.2) is 0 Å². The normalized spacial score (nSPS) is 17.6. The van der Waals surface area contributed by atoms with Crippen LogP contribution in [0.1, 0.15) is 73.9 Å². The maximum atomic E-state index is 14.3. The SMILES string of the molecule is CNC(=O)C(=O)CNC(=O)C1Cc2ccc(O)c(c2)-c2cc(ccc2O)C(CC(C)C(C)C(=O)C(CCCCN)NC(=O)c2ccc(-c3ccc(Cl)cc3)cc2)C(=O)NC(C)C(=O)N1.